The van der Waals surface area contributed by atoms with E-state index in [9.17, 15) is 9.59 Å². The predicted molar refractivity (Wildman–Crippen MR) is 33.9 cm³/mol. The summed E-state index contributed by atoms with van der Waals surface area (Å²) in [5.41, 5.74) is 0. The first-order valence-electron chi connectivity index (χ1n) is 3.30. The first-order chi connectivity index (χ1) is 4.79. The highest BCUT2D eigenvalue weighted by Crippen LogP contribution is 2.29. The molecule has 2 amide bonds. The van der Waals surface area contributed by atoms with E-state index < -0.39 is 0 Å². The van der Waals surface area contributed by atoms with Gasteiger partial charge in [-0.2, -0.15) is 0 Å². The van der Waals surface area contributed by atoms with Crippen LogP contribution in [0.2, 0.25) is 0 Å². The van der Waals surface area contributed by atoms with Crippen LogP contribution in [0.25, 0.3) is 0 Å². The molecule has 1 aliphatic carbocycles. The number of carbonyl (C=O) groups excluding carboxylic acids is 2. The van der Waals surface area contributed by atoms with Gasteiger partial charge in [-0.15, -0.1) is 0 Å². The number of allylic oxidation sites excluding steroid dienone is 1. The van der Waals surface area contributed by atoms with Crippen molar-refractivity contribution < 1.29 is 9.59 Å². The molecule has 0 aromatic carbocycles. The van der Waals surface area contributed by atoms with Gasteiger partial charge in [0.15, 0.2) is 0 Å². The molecule has 0 radical (unpaired) electrons. The Morgan fingerprint density at radius 2 is 2.20 bits per heavy atom. The maximum Gasteiger partial charge on any atom is 0.234 e. The Morgan fingerprint density at radius 3 is 2.90 bits per heavy atom. The summed E-state index contributed by atoms with van der Waals surface area (Å²) in [6.45, 7) is 0. The molecule has 52 valence electrons. The van der Waals surface area contributed by atoms with Crippen LogP contribution in [-0.2, 0) is 9.59 Å². The fourth-order valence-electron chi connectivity index (χ4n) is 1.49. The summed E-state index contributed by atoms with van der Waals surface area (Å²) in [5, 5.41) is 2.29. The minimum atomic E-state index is -0.160. The Bertz CT molecular complexity index is 232. The van der Waals surface area contributed by atoms with Gasteiger partial charge < -0.3 is 0 Å². The monoisotopic (exact) mass is 137 g/mol. The van der Waals surface area contributed by atoms with Crippen molar-refractivity contribution >= 4 is 11.8 Å². The minimum Gasteiger partial charge on any atom is -0.296 e. The smallest absolute Gasteiger partial charge is 0.234 e. The van der Waals surface area contributed by atoms with Crippen molar-refractivity contribution in [2.75, 3.05) is 0 Å². The topological polar surface area (TPSA) is 46.2 Å². The van der Waals surface area contributed by atoms with E-state index in [0.29, 0.717) is 0 Å². The lowest BCUT2D eigenvalue weighted by Gasteiger charge is -1.98. The third-order valence-electron chi connectivity index (χ3n) is 2.05. The van der Waals surface area contributed by atoms with Crippen LogP contribution in [0.15, 0.2) is 12.2 Å². The highest BCUT2D eigenvalue weighted by Gasteiger charge is 2.41. The van der Waals surface area contributed by atoms with Gasteiger partial charge in [-0.05, 0) is 6.42 Å². The van der Waals surface area contributed by atoms with Crippen molar-refractivity contribution in [3.8, 4) is 0 Å². The van der Waals surface area contributed by atoms with Gasteiger partial charge >= 0.3 is 0 Å². The third kappa shape index (κ3) is 0.546. The number of fused-ring (bicyclic) bond motifs is 1. The molecular weight excluding hydrogens is 130 g/mol. The predicted octanol–water partition coefficient (Wildman–Crippen LogP) is -0.165. The molecule has 3 heteroatoms. The molecule has 2 atom stereocenters. The van der Waals surface area contributed by atoms with Gasteiger partial charge in [-0.3, -0.25) is 14.9 Å². The Hall–Kier alpha value is -1.12. The van der Waals surface area contributed by atoms with Gasteiger partial charge in [0.05, 0.1) is 11.8 Å². The molecule has 0 aromatic rings. The van der Waals surface area contributed by atoms with Crippen LogP contribution in [0.5, 0.6) is 0 Å². The zero-order valence-electron chi connectivity index (χ0n) is 5.33. The standard InChI is InChI=1S/C7H7NO2/c9-6-4-2-1-3-5(4)7(10)8-6/h1-2,4-5H,3H2,(H,8,9,10). The number of hydrogen-bond donors (Lipinski definition) is 1. The highest BCUT2D eigenvalue weighted by atomic mass is 16.2. The second kappa shape index (κ2) is 1.68. The molecule has 3 nitrogen and oxygen atoms in total. The van der Waals surface area contributed by atoms with E-state index in [1.165, 1.54) is 0 Å². The summed E-state index contributed by atoms with van der Waals surface area (Å²) in [6, 6.07) is 0. The summed E-state index contributed by atoms with van der Waals surface area (Å²) >= 11 is 0. The fourth-order valence-corrected chi connectivity index (χ4v) is 1.49. The molecule has 0 saturated carbocycles. The summed E-state index contributed by atoms with van der Waals surface area (Å²) < 4.78 is 0. The second-order valence-electron chi connectivity index (χ2n) is 2.65. The third-order valence-corrected chi connectivity index (χ3v) is 2.05. The van der Waals surface area contributed by atoms with Crippen molar-refractivity contribution in [2.45, 2.75) is 6.42 Å². The SMILES string of the molecule is O=C1NC(=O)C2CC=CC12. The van der Waals surface area contributed by atoms with Crippen molar-refractivity contribution in [3.05, 3.63) is 12.2 Å². The Kier molecular flexibility index (Phi) is 0.952. The molecular formula is C7H7NO2. The molecule has 0 spiro atoms. The molecule has 0 bridgehead atoms. The van der Waals surface area contributed by atoms with Gasteiger partial charge in [-0.1, -0.05) is 12.2 Å². The van der Waals surface area contributed by atoms with Crippen LogP contribution >= 0.6 is 0 Å². The number of hydrogen-bond acceptors (Lipinski definition) is 2. The fraction of sp³-hybridized carbons (Fsp3) is 0.429. The van der Waals surface area contributed by atoms with Crippen molar-refractivity contribution in [1.82, 2.24) is 5.32 Å². The number of rotatable bonds is 0. The second-order valence-corrected chi connectivity index (χ2v) is 2.65. The Labute approximate surface area is 58.1 Å². The first kappa shape index (κ1) is 5.65. The van der Waals surface area contributed by atoms with Gasteiger partial charge in [0.1, 0.15) is 0 Å². The minimum absolute atomic E-state index is 0.0903. The number of nitrogens with one attached hydrogen (secondary N) is 1. The van der Waals surface area contributed by atoms with Crippen LogP contribution in [0.1, 0.15) is 6.42 Å². The summed E-state index contributed by atoms with van der Waals surface area (Å²) in [6.07, 6.45) is 4.43. The number of carbonyl (C=O) groups is 2. The average molecular weight is 137 g/mol. The van der Waals surface area contributed by atoms with Gasteiger partial charge in [0.2, 0.25) is 11.8 Å². The lowest BCUT2D eigenvalue weighted by atomic mass is 9.99. The van der Waals surface area contributed by atoms with Crippen LogP contribution in [0, 0.1) is 11.8 Å². The molecule has 2 unspecified atom stereocenters. The van der Waals surface area contributed by atoms with E-state index in [0.717, 1.165) is 6.42 Å². The zero-order chi connectivity index (χ0) is 7.14. The van der Waals surface area contributed by atoms with E-state index in [4.69, 9.17) is 0 Å². The van der Waals surface area contributed by atoms with Crippen LogP contribution in [0.3, 0.4) is 0 Å². The maximum absolute atomic E-state index is 10.9. The van der Waals surface area contributed by atoms with E-state index >= 15 is 0 Å². The van der Waals surface area contributed by atoms with Crippen molar-refractivity contribution in [2.24, 2.45) is 11.8 Å². The largest absolute Gasteiger partial charge is 0.296 e. The van der Waals surface area contributed by atoms with Crippen LogP contribution < -0.4 is 5.32 Å². The molecule has 1 aliphatic heterocycles. The van der Waals surface area contributed by atoms with E-state index in [1.54, 1.807) is 0 Å². The van der Waals surface area contributed by atoms with Gasteiger partial charge in [0.25, 0.3) is 0 Å². The van der Waals surface area contributed by atoms with Crippen LogP contribution in [0.4, 0.5) is 0 Å². The lowest BCUT2D eigenvalue weighted by molar-refractivity contribution is -0.126. The average Bonchev–Trinajstić information content (AvgIpc) is 2.39. The number of imide groups is 1. The first-order valence-corrected chi connectivity index (χ1v) is 3.30. The molecule has 0 aromatic heterocycles. The zero-order valence-corrected chi connectivity index (χ0v) is 5.33. The molecule has 2 rings (SSSR count). The van der Waals surface area contributed by atoms with E-state index in [1.807, 2.05) is 12.2 Å². The van der Waals surface area contributed by atoms with Gasteiger partial charge in [-0.25, -0.2) is 0 Å². The van der Waals surface area contributed by atoms with E-state index in [2.05, 4.69) is 5.32 Å². The normalized spacial score (nSPS) is 36.4. The molecule has 1 saturated heterocycles. The van der Waals surface area contributed by atoms with Crippen molar-refractivity contribution in [1.29, 1.82) is 0 Å². The summed E-state index contributed by atoms with van der Waals surface area (Å²) in [7, 11) is 0. The molecule has 2 aliphatic rings. The van der Waals surface area contributed by atoms with Crippen molar-refractivity contribution in [3.63, 3.8) is 0 Å². The Balaban J connectivity index is 2.33. The lowest BCUT2D eigenvalue weighted by Crippen LogP contribution is -2.22. The van der Waals surface area contributed by atoms with E-state index in [-0.39, 0.29) is 23.7 Å². The number of amides is 2. The highest BCUT2D eigenvalue weighted by molar-refractivity contribution is 6.06. The quantitative estimate of drug-likeness (QED) is 0.372. The maximum atomic E-state index is 10.9. The molecule has 1 heterocycles. The molecule has 1 N–H and O–H groups in total. The summed E-state index contributed by atoms with van der Waals surface area (Å²) in [4.78, 5) is 21.8. The molecule has 1 fully saturated rings. The molecule has 10 heavy (non-hydrogen) atoms. The van der Waals surface area contributed by atoms with Crippen LogP contribution in [-0.4, -0.2) is 11.8 Å². The van der Waals surface area contributed by atoms with Gasteiger partial charge in [0, 0.05) is 0 Å². The Morgan fingerprint density at radius 1 is 1.40 bits per heavy atom. The summed E-state index contributed by atoms with van der Waals surface area (Å²) in [5.74, 6) is -0.497.